The van der Waals surface area contributed by atoms with Crippen molar-refractivity contribution in [3.8, 4) is 0 Å². The molecule has 0 amide bonds. The van der Waals surface area contributed by atoms with Crippen molar-refractivity contribution in [2.45, 2.75) is 19.3 Å². The van der Waals surface area contributed by atoms with Gasteiger partial charge in [-0.05, 0) is 48.6 Å². The Kier molecular flexibility index (Phi) is 3.70. The van der Waals surface area contributed by atoms with Crippen molar-refractivity contribution in [1.29, 1.82) is 0 Å². The van der Waals surface area contributed by atoms with E-state index in [0.29, 0.717) is 5.02 Å². The molecule has 2 aromatic rings. The fourth-order valence-electron chi connectivity index (χ4n) is 2.61. The second-order valence-corrected chi connectivity index (χ2v) is 5.50. The maximum atomic E-state index is 12.6. The zero-order chi connectivity index (χ0) is 13.9. The number of fused-ring (bicyclic) bond motifs is 1. The van der Waals surface area contributed by atoms with Gasteiger partial charge in [-0.15, -0.1) is 0 Å². The average Bonchev–Trinajstić information content (AvgIpc) is 2.62. The number of hydrogen-bond donors (Lipinski definition) is 0. The normalized spacial score (nSPS) is 16.9. The van der Waals surface area contributed by atoms with Gasteiger partial charge in [0.2, 0.25) is 0 Å². The van der Waals surface area contributed by atoms with Crippen molar-refractivity contribution >= 4 is 23.5 Å². The molecule has 0 spiro atoms. The summed E-state index contributed by atoms with van der Waals surface area (Å²) in [6, 6.07) is 15.5. The topological polar surface area (TPSA) is 17.1 Å². The van der Waals surface area contributed by atoms with E-state index in [0.717, 1.165) is 41.5 Å². The van der Waals surface area contributed by atoms with Crippen LogP contribution in [0.15, 0.2) is 54.1 Å². The third-order valence-corrected chi connectivity index (χ3v) is 3.91. The minimum Gasteiger partial charge on any atom is -0.289 e. The Morgan fingerprint density at radius 3 is 2.50 bits per heavy atom. The van der Waals surface area contributed by atoms with E-state index in [4.69, 9.17) is 11.6 Å². The zero-order valence-corrected chi connectivity index (χ0v) is 11.9. The lowest BCUT2D eigenvalue weighted by Crippen LogP contribution is -2.03. The molecule has 1 nitrogen and oxygen atoms in total. The Bertz CT molecular complexity index is 668. The lowest BCUT2D eigenvalue weighted by atomic mass is 9.98. The summed E-state index contributed by atoms with van der Waals surface area (Å²) in [5.74, 6) is 0.160. The summed E-state index contributed by atoms with van der Waals surface area (Å²) >= 11 is 5.89. The highest BCUT2D eigenvalue weighted by molar-refractivity contribution is 6.30. The molecule has 0 N–H and O–H groups in total. The molecule has 0 fully saturated rings. The minimum absolute atomic E-state index is 0.160. The molecule has 2 heteroatoms. The van der Waals surface area contributed by atoms with Crippen LogP contribution in [0.4, 0.5) is 0 Å². The van der Waals surface area contributed by atoms with Crippen LogP contribution in [-0.4, -0.2) is 5.78 Å². The number of hydrogen-bond acceptors (Lipinski definition) is 1. The molecule has 0 bridgehead atoms. The first-order valence-electron chi connectivity index (χ1n) is 6.83. The molecule has 20 heavy (non-hydrogen) atoms. The van der Waals surface area contributed by atoms with Crippen LogP contribution in [0.25, 0.3) is 6.08 Å². The quantitative estimate of drug-likeness (QED) is 0.535. The lowest BCUT2D eigenvalue weighted by molar-refractivity contribution is 0.103. The molecule has 0 radical (unpaired) electrons. The average molecular weight is 283 g/mol. The van der Waals surface area contributed by atoms with Gasteiger partial charge in [-0.25, -0.2) is 0 Å². The van der Waals surface area contributed by atoms with Gasteiger partial charge in [0.15, 0.2) is 5.78 Å². The fourth-order valence-corrected chi connectivity index (χ4v) is 2.74. The SMILES string of the molecule is O=C1/C(=C/c2ccc(Cl)cc2)CCCc2ccccc21. The number of benzene rings is 2. The zero-order valence-electron chi connectivity index (χ0n) is 11.1. The van der Waals surface area contributed by atoms with Crippen LogP contribution in [0.1, 0.15) is 34.3 Å². The predicted molar refractivity (Wildman–Crippen MR) is 83.1 cm³/mol. The molecule has 0 saturated carbocycles. The molecule has 0 unspecified atom stereocenters. The molecular formula is C18H15ClO. The van der Waals surface area contributed by atoms with Gasteiger partial charge in [0.1, 0.15) is 0 Å². The summed E-state index contributed by atoms with van der Waals surface area (Å²) in [6.07, 6.45) is 4.80. The number of carbonyl (C=O) groups is 1. The Hall–Kier alpha value is -1.86. The number of carbonyl (C=O) groups excluding carboxylic acids is 1. The van der Waals surface area contributed by atoms with E-state index in [1.807, 2.05) is 48.5 Å². The largest absolute Gasteiger partial charge is 0.289 e. The molecule has 0 atom stereocenters. The van der Waals surface area contributed by atoms with Crippen LogP contribution in [0.2, 0.25) is 5.02 Å². The molecule has 1 aliphatic rings. The molecule has 100 valence electrons. The van der Waals surface area contributed by atoms with Crippen LogP contribution < -0.4 is 0 Å². The molecule has 0 heterocycles. The highest BCUT2D eigenvalue weighted by Gasteiger charge is 2.19. The van der Waals surface area contributed by atoms with E-state index in [2.05, 4.69) is 6.07 Å². The van der Waals surface area contributed by atoms with Gasteiger partial charge in [0, 0.05) is 16.2 Å². The summed E-state index contributed by atoms with van der Waals surface area (Å²) in [7, 11) is 0. The van der Waals surface area contributed by atoms with Crippen LogP contribution >= 0.6 is 11.6 Å². The van der Waals surface area contributed by atoms with Gasteiger partial charge >= 0.3 is 0 Å². The van der Waals surface area contributed by atoms with Crippen LogP contribution in [0.3, 0.4) is 0 Å². The van der Waals surface area contributed by atoms with Crippen molar-refractivity contribution in [2.75, 3.05) is 0 Å². The third-order valence-electron chi connectivity index (χ3n) is 3.66. The number of ketones is 1. The lowest BCUT2D eigenvalue weighted by Gasteiger charge is -2.05. The Balaban J connectivity index is 1.98. The Morgan fingerprint density at radius 2 is 1.70 bits per heavy atom. The molecule has 0 saturated heterocycles. The molecule has 1 aliphatic carbocycles. The Labute approximate surface area is 123 Å². The van der Waals surface area contributed by atoms with Crippen molar-refractivity contribution in [3.05, 3.63) is 75.8 Å². The third kappa shape index (κ3) is 2.68. The predicted octanol–water partition coefficient (Wildman–Crippen LogP) is 4.94. The number of aryl methyl sites for hydroxylation is 1. The van der Waals surface area contributed by atoms with E-state index >= 15 is 0 Å². The first kappa shape index (κ1) is 13.1. The highest BCUT2D eigenvalue weighted by Crippen LogP contribution is 2.26. The summed E-state index contributed by atoms with van der Waals surface area (Å²) in [4.78, 5) is 12.6. The summed E-state index contributed by atoms with van der Waals surface area (Å²) in [5, 5.41) is 0.713. The second-order valence-electron chi connectivity index (χ2n) is 5.06. The highest BCUT2D eigenvalue weighted by atomic mass is 35.5. The van der Waals surface area contributed by atoms with Crippen LogP contribution in [-0.2, 0) is 6.42 Å². The maximum Gasteiger partial charge on any atom is 0.189 e. The van der Waals surface area contributed by atoms with E-state index in [9.17, 15) is 4.79 Å². The van der Waals surface area contributed by atoms with Crippen LogP contribution in [0, 0.1) is 0 Å². The minimum atomic E-state index is 0.160. The molecule has 0 aromatic heterocycles. The van der Waals surface area contributed by atoms with Gasteiger partial charge in [0.05, 0.1) is 0 Å². The van der Waals surface area contributed by atoms with E-state index < -0.39 is 0 Å². The molecule has 3 rings (SSSR count). The molecular weight excluding hydrogens is 268 g/mol. The van der Waals surface area contributed by atoms with Crippen molar-refractivity contribution in [3.63, 3.8) is 0 Å². The van der Waals surface area contributed by atoms with E-state index in [-0.39, 0.29) is 5.78 Å². The number of rotatable bonds is 1. The van der Waals surface area contributed by atoms with Gasteiger partial charge in [-0.2, -0.15) is 0 Å². The standard InChI is InChI=1S/C18H15ClO/c19-16-10-8-13(9-11-16)12-15-6-3-5-14-4-1-2-7-17(14)18(15)20/h1-2,4,7-12H,3,5-6H2/b15-12+. The van der Waals surface area contributed by atoms with Gasteiger partial charge in [0.25, 0.3) is 0 Å². The van der Waals surface area contributed by atoms with Crippen molar-refractivity contribution in [1.82, 2.24) is 0 Å². The van der Waals surface area contributed by atoms with E-state index in [1.54, 1.807) is 0 Å². The summed E-state index contributed by atoms with van der Waals surface area (Å²) < 4.78 is 0. The number of Topliss-reactive ketones (excluding diaryl/α,β-unsaturated/α-hetero) is 1. The number of allylic oxidation sites excluding steroid dienone is 1. The number of halogens is 1. The summed E-state index contributed by atoms with van der Waals surface area (Å²) in [5.41, 5.74) is 3.93. The maximum absolute atomic E-state index is 12.6. The summed E-state index contributed by atoms with van der Waals surface area (Å²) in [6.45, 7) is 0. The second kappa shape index (κ2) is 5.64. The van der Waals surface area contributed by atoms with Gasteiger partial charge in [-0.3, -0.25) is 4.79 Å². The fraction of sp³-hybridized carbons (Fsp3) is 0.167. The van der Waals surface area contributed by atoms with Gasteiger partial charge < -0.3 is 0 Å². The first-order chi connectivity index (χ1) is 9.74. The smallest absolute Gasteiger partial charge is 0.189 e. The molecule has 0 aliphatic heterocycles. The van der Waals surface area contributed by atoms with Crippen molar-refractivity contribution < 1.29 is 4.79 Å². The molecule has 2 aromatic carbocycles. The van der Waals surface area contributed by atoms with E-state index in [1.165, 1.54) is 0 Å². The monoisotopic (exact) mass is 282 g/mol. The van der Waals surface area contributed by atoms with Gasteiger partial charge in [-0.1, -0.05) is 48.0 Å². The first-order valence-corrected chi connectivity index (χ1v) is 7.20. The van der Waals surface area contributed by atoms with Crippen molar-refractivity contribution in [2.24, 2.45) is 0 Å². The Morgan fingerprint density at radius 1 is 0.950 bits per heavy atom. The van der Waals surface area contributed by atoms with Crippen LogP contribution in [0.5, 0.6) is 0 Å².